The van der Waals surface area contributed by atoms with E-state index in [1.807, 2.05) is 6.07 Å². The Kier molecular flexibility index (Phi) is 4.80. The van der Waals surface area contributed by atoms with Gasteiger partial charge in [-0.3, -0.25) is 19.8 Å². The Morgan fingerprint density at radius 2 is 2.28 bits per heavy atom. The summed E-state index contributed by atoms with van der Waals surface area (Å²) in [7, 11) is 1.75. The van der Waals surface area contributed by atoms with Crippen molar-refractivity contribution >= 4 is 17.8 Å². The Hall–Kier alpha value is -2.35. The Bertz CT molecular complexity index is 660. The second kappa shape index (κ2) is 6.87. The van der Waals surface area contributed by atoms with E-state index in [-0.39, 0.29) is 17.7 Å². The van der Waals surface area contributed by atoms with Gasteiger partial charge in [0.25, 0.3) is 5.91 Å². The molecule has 2 saturated heterocycles. The fraction of sp³-hybridized carbons (Fsp3) is 0.588. The van der Waals surface area contributed by atoms with Crippen molar-refractivity contribution in [2.24, 2.45) is 5.92 Å². The number of rotatable bonds is 5. The predicted octanol–water partition coefficient (Wildman–Crippen LogP) is 0.548. The topological polar surface area (TPSA) is 94.9 Å². The van der Waals surface area contributed by atoms with Gasteiger partial charge in [0.1, 0.15) is 11.3 Å². The van der Waals surface area contributed by atoms with Crippen molar-refractivity contribution in [2.45, 2.75) is 31.8 Å². The summed E-state index contributed by atoms with van der Waals surface area (Å²) >= 11 is 0. The van der Waals surface area contributed by atoms with Gasteiger partial charge in [-0.2, -0.15) is 0 Å². The molecule has 2 aliphatic rings. The molecule has 2 unspecified atom stereocenters. The first kappa shape index (κ1) is 17.5. The molecule has 0 spiro atoms. The minimum Gasteiger partial charge on any atom is -0.467 e. The van der Waals surface area contributed by atoms with Crippen LogP contribution in [0.2, 0.25) is 0 Å². The lowest BCUT2D eigenvalue weighted by Gasteiger charge is -2.39. The van der Waals surface area contributed by atoms with E-state index in [0.29, 0.717) is 19.6 Å². The molecule has 2 aliphatic heterocycles. The molecule has 8 heteroatoms. The number of furan rings is 1. The van der Waals surface area contributed by atoms with Crippen LogP contribution in [0.25, 0.3) is 0 Å². The van der Waals surface area contributed by atoms with E-state index in [0.717, 1.165) is 25.1 Å². The number of amides is 4. The molecule has 1 aromatic rings. The summed E-state index contributed by atoms with van der Waals surface area (Å²) in [5.74, 6) is 0.439. The zero-order valence-electron chi connectivity index (χ0n) is 14.6. The number of hydrogen-bond donors (Lipinski definition) is 2. The SMILES string of the molecule is CN(Cc1ccco1)C(=O)CN1CCCC(C2(C)NC(=O)NC2=O)C1. The molecular weight excluding hydrogens is 324 g/mol. The molecular formula is C17H24N4O4. The van der Waals surface area contributed by atoms with Gasteiger partial charge in [0.2, 0.25) is 5.91 Å². The lowest BCUT2D eigenvalue weighted by Crippen LogP contribution is -2.56. The fourth-order valence-corrected chi connectivity index (χ4v) is 3.55. The summed E-state index contributed by atoms with van der Waals surface area (Å²) in [6, 6.07) is 3.19. The highest BCUT2D eigenvalue weighted by Gasteiger charge is 2.49. The van der Waals surface area contributed by atoms with E-state index in [2.05, 4.69) is 15.5 Å². The van der Waals surface area contributed by atoms with E-state index in [9.17, 15) is 14.4 Å². The van der Waals surface area contributed by atoms with Crippen molar-refractivity contribution in [2.75, 3.05) is 26.7 Å². The molecule has 0 bridgehead atoms. The number of carbonyl (C=O) groups is 3. The van der Waals surface area contributed by atoms with Crippen LogP contribution in [0, 0.1) is 5.92 Å². The second-order valence-corrected chi connectivity index (χ2v) is 7.01. The predicted molar refractivity (Wildman–Crippen MR) is 89.4 cm³/mol. The van der Waals surface area contributed by atoms with Crippen molar-refractivity contribution in [3.8, 4) is 0 Å². The fourth-order valence-electron chi connectivity index (χ4n) is 3.55. The molecule has 0 radical (unpaired) electrons. The summed E-state index contributed by atoms with van der Waals surface area (Å²) in [6.45, 7) is 3.89. The lowest BCUT2D eigenvalue weighted by atomic mass is 9.80. The molecule has 0 aromatic carbocycles. The minimum absolute atomic E-state index is 0.00196. The zero-order chi connectivity index (χ0) is 18.0. The number of carbonyl (C=O) groups excluding carboxylic acids is 3. The molecule has 2 N–H and O–H groups in total. The Labute approximate surface area is 146 Å². The highest BCUT2D eigenvalue weighted by molar-refractivity contribution is 6.07. The number of piperidine rings is 1. The summed E-state index contributed by atoms with van der Waals surface area (Å²) in [5.41, 5.74) is -0.904. The summed E-state index contributed by atoms with van der Waals surface area (Å²) in [6.07, 6.45) is 3.32. The minimum atomic E-state index is -0.904. The first-order valence-corrected chi connectivity index (χ1v) is 8.51. The first-order valence-electron chi connectivity index (χ1n) is 8.51. The Morgan fingerprint density at radius 1 is 1.48 bits per heavy atom. The van der Waals surface area contributed by atoms with Crippen LogP contribution in [0.3, 0.4) is 0 Å². The molecule has 136 valence electrons. The maximum absolute atomic E-state index is 12.5. The number of nitrogens with one attached hydrogen (secondary N) is 2. The summed E-state index contributed by atoms with van der Waals surface area (Å²) in [5, 5.41) is 5.05. The monoisotopic (exact) mass is 348 g/mol. The standard InChI is InChI=1S/C17H24N4O4/c1-17(15(23)18-16(24)19-17)12-5-3-7-21(9-12)11-14(22)20(2)10-13-6-4-8-25-13/h4,6,8,12H,3,5,7,9-11H2,1-2H3,(H2,18,19,23,24). The van der Waals surface area contributed by atoms with Crippen LogP contribution >= 0.6 is 0 Å². The third-order valence-electron chi connectivity index (χ3n) is 5.15. The van der Waals surface area contributed by atoms with Crippen LogP contribution in [-0.4, -0.2) is 59.9 Å². The van der Waals surface area contributed by atoms with Gasteiger partial charge < -0.3 is 14.6 Å². The molecule has 3 heterocycles. The van der Waals surface area contributed by atoms with E-state index >= 15 is 0 Å². The van der Waals surface area contributed by atoms with Crippen LogP contribution in [0.15, 0.2) is 22.8 Å². The number of nitrogens with zero attached hydrogens (tertiary/aromatic N) is 2. The number of likely N-dealkylation sites (N-methyl/N-ethyl adjacent to an activating group) is 1. The van der Waals surface area contributed by atoms with E-state index in [1.165, 1.54) is 0 Å². The highest BCUT2D eigenvalue weighted by Crippen LogP contribution is 2.29. The lowest BCUT2D eigenvalue weighted by molar-refractivity contribution is -0.132. The average molecular weight is 348 g/mol. The molecule has 0 aliphatic carbocycles. The summed E-state index contributed by atoms with van der Waals surface area (Å²) in [4.78, 5) is 39.7. The van der Waals surface area contributed by atoms with Gasteiger partial charge in [-0.15, -0.1) is 0 Å². The van der Waals surface area contributed by atoms with Crippen molar-refractivity contribution in [1.82, 2.24) is 20.4 Å². The van der Waals surface area contributed by atoms with Crippen LogP contribution < -0.4 is 10.6 Å². The maximum Gasteiger partial charge on any atom is 0.322 e. The van der Waals surface area contributed by atoms with Crippen LogP contribution in [0.1, 0.15) is 25.5 Å². The van der Waals surface area contributed by atoms with Gasteiger partial charge in [-0.25, -0.2) is 4.79 Å². The third-order valence-corrected chi connectivity index (χ3v) is 5.15. The zero-order valence-corrected chi connectivity index (χ0v) is 14.6. The molecule has 2 fully saturated rings. The largest absolute Gasteiger partial charge is 0.467 e. The van der Waals surface area contributed by atoms with E-state index in [1.54, 1.807) is 31.2 Å². The molecule has 8 nitrogen and oxygen atoms in total. The smallest absolute Gasteiger partial charge is 0.322 e. The van der Waals surface area contributed by atoms with Crippen LogP contribution in [0.5, 0.6) is 0 Å². The van der Waals surface area contributed by atoms with Crippen molar-refractivity contribution in [3.05, 3.63) is 24.2 Å². The quantitative estimate of drug-likeness (QED) is 0.758. The van der Waals surface area contributed by atoms with E-state index in [4.69, 9.17) is 4.42 Å². The molecule has 25 heavy (non-hydrogen) atoms. The Morgan fingerprint density at radius 3 is 2.92 bits per heavy atom. The van der Waals surface area contributed by atoms with Gasteiger partial charge in [-0.05, 0) is 38.4 Å². The first-order chi connectivity index (χ1) is 11.9. The molecule has 2 atom stereocenters. The van der Waals surface area contributed by atoms with Gasteiger partial charge in [0.15, 0.2) is 0 Å². The summed E-state index contributed by atoms with van der Waals surface area (Å²) < 4.78 is 5.27. The Balaban J connectivity index is 1.57. The van der Waals surface area contributed by atoms with Gasteiger partial charge in [-0.1, -0.05) is 0 Å². The van der Waals surface area contributed by atoms with Crippen LogP contribution in [0.4, 0.5) is 4.79 Å². The number of likely N-dealkylation sites (tertiary alicyclic amines) is 1. The van der Waals surface area contributed by atoms with Crippen molar-refractivity contribution in [1.29, 1.82) is 0 Å². The third kappa shape index (κ3) is 3.68. The van der Waals surface area contributed by atoms with Gasteiger partial charge in [0, 0.05) is 19.5 Å². The average Bonchev–Trinajstić information content (AvgIpc) is 3.16. The van der Waals surface area contributed by atoms with Gasteiger partial charge in [0.05, 0.1) is 19.4 Å². The maximum atomic E-state index is 12.5. The van der Waals surface area contributed by atoms with E-state index < -0.39 is 11.6 Å². The molecule has 0 saturated carbocycles. The van der Waals surface area contributed by atoms with Crippen molar-refractivity contribution in [3.63, 3.8) is 0 Å². The number of hydrogen-bond acceptors (Lipinski definition) is 5. The van der Waals surface area contributed by atoms with Gasteiger partial charge >= 0.3 is 6.03 Å². The molecule has 4 amide bonds. The number of urea groups is 1. The molecule has 3 rings (SSSR count). The highest BCUT2D eigenvalue weighted by atomic mass is 16.3. The molecule has 1 aromatic heterocycles. The second-order valence-electron chi connectivity index (χ2n) is 7.01. The van der Waals surface area contributed by atoms with Crippen molar-refractivity contribution < 1.29 is 18.8 Å². The normalized spacial score (nSPS) is 27.0. The number of imide groups is 1. The van der Waals surface area contributed by atoms with Crippen LogP contribution in [-0.2, 0) is 16.1 Å².